The minimum absolute atomic E-state index is 0.192. The van der Waals surface area contributed by atoms with Gasteiger partial charge in [0.05, 0.1) is 11.3 Å². The van der Waals surface area contributed by atoms with Crippen molar-refractivity contribution in [3.8, 4) is 0 Å². The standard InChI is InChI=1S/C22H22N2O5/c1-14(2)17-5-3-4-6-18(17)23-19(25)13-29-22(28)15-7-9-16(10-8-15)24-20(26)11-12-21(24)27/h3-10,14H,11-13H2,1-2H3,(H,23,25). The third kappa shape index (κ3) is 4.68. The zero-order chi connectivity index (χ0) is 21.0. The fourth-order valence-corrected chi connectivity index (χ4v) is 3.13. The number of ether oxygens (including phenoxy) is 1. The quantitative estimate of drug-likeness (QED) is 0.600. The van der Waals surface area contributed by atoms with Crippen LogP contribution in [-0.2, 0) is 19.1 Å². The third-order valence-electron chi connectivity index (χ3n) is 4.60. The molecule has 3 amide bonds. The fourth-order valence-electron chi connectivity index (χ4n) is 3.13. The maximum atomic E-state index is 12.2. The molecule has 1 heterocycles. The van der Waals surface area contributed by atoms with Crippen LogP contribution >= 0.6 is 0 Å². The Kier molecular flexibility index (Phi) is 6.07. The third-order valence-corrected chi connectivity index (χ3v) is 4.60. The van der Waals surface area contributed by atoms with Crippen LogP contribution in [0.2, 0.25) is 0 Å². The largest absolute Gasteiger partial charge is 0.452 e. The maximum Gasteiger partial charge on any atom is 0.338 e. The molecule has 0 aromatic heterocycles. The van der Waals surface area contributed by atoms with Gasteiger partial charge in [-0.1, -0.05) is 32.0 Å². The molecule has 0 unspecified atom stereocenters. The number of anilines is 2. The second-order valence-corrected chi connectivity index (χ2v) is 7.04. The van der Waals surface area contributed by atoms with Gasteiger partial charge in [0, 0.05) is 18.5 Å². The lowest BCUT2D eigenvalue weighted by Gasteiger charge is -2.14. The lowest BCUT2D eigenvalue weighted by atomic mass is 10.0. The summed E-state index contributed by atoms with van der Waals surface area (Å²) in [5.74, 6) is -1.38. The molecule has 7 nitrogen and oxygen atoms in total. The first-order valence-corrected chi connectivity index (χ1v) is 9.38. The Morgan fingerprint density at radius 3 is 2.24 bits per heavy atom. The summed E-state index contributed by atoms with van der Waals surface area (Å²) in [6.07, 6.45) is 0.384. The Labute approximate surface area is 168 Å². The van der Waals surface area contributed by atoms with Gasteiger partial charge in [-0.2, -0.15) is 0 Å². The number of amides is 3. The Hall–Kier alpha value is -3.48. The molecule has 0 bridgehead atoms. The second-order valence-electron chi connectivity index (χ2n) is 7.04. The number of carbonyl (C=O) groups is 4. The topological polar surface area (TPSA) is 92.8 Å². The summed E-state index contributed by atoms with van der Waals surface area (Å²) in [6, 6.07) is 13.4. The molecule has 3 rings (SSSR count). The van der Waals surface area contributed by atoms with Crippen molar-refractivity contribution in [2.45, 2.75) is 32.6 Å². The van der Waals surface area contributed by atoms with Crippen molar-refractivity contribution in [1.29, 1.82) is 0 Å². The second kappa shape index (κ2) is 8.68. The number of esters is 1. The summed E-state index contributed by atoms with van der Waals surface area (Å²) >= 11 is 0. The van der Waals surface area contributed by atoms with Crippen LogP contribution < -0.4 is 10.2 Å². The average Bonchev–Trinajstić information content (AvgIpc) is 3.04. The van der Waals surface area contributed by atoms with Crippen LogP contribution in [0.15, 0.2) is 48.5 Å². The van der Waals surface area contributed by atoms with E-state index >= 15 is 0 Å². The number of imide groups is 1. The SMILES string of the molecule is CC(C)c1ccccc1NC(=O)COC(=O)c1ccc(N2C(=O)CCC2=O)cc1. The van der Waals surface area contributed by atoms with Crippen molar-refractivity contribution in [2.24, 2.45) is 0 Å². The van der Waals surface area contributed by atoms with Crippen LogP contribution in [-0.4, -0.2) is 30.3 Å². The molecule has 0 aliphatic carbocycles. The summed E-state index contributed by atoms with van der Waals surface area (Å²) in [5.41, 5.74) is 2.32. The van der Waals surface area contributed by atoms with E-state index in [1.165, 1.54) is 24.3 Å². The van der Waals surface area contributed by atoms with E-state index in [-0.39, 0.29) is 36.1 Å². The number of hydrogen-bond donors (Lipinski definition) is 1. The normalized spacial score (nSPS) is 13.7. The van der Waals surface area contributed by atoms with Crippen LogP contribution in [0, 0.1) is 0 Å². The van der Waals surface area contributed by atoms with Gasteiger partial charge in [0.2, 0.25) is 11.8 Å². The Bertz CT molecular complexity index is 934. The molecule has 2 aromatic rings. The molecule has 1 fully saturated rings. The van der Waals surface area contributed by atoms with Crippen LogP contribution in [0.25, 0.3) is 0 Å². The molecule has 150 valence electrons. The van der Waals surface area contributed by atoms with Crippen molar-refractivity contribution in [3.05, 3.63) is 59.7 Å². The Morgan fingerprint density at radius 2 is 1.62 bits per heavy atom. The highest BCUT2D eigenvalue weighted by molar-refractivity contribution is 6.19. The monoisotopic (exact) mass is 394 g/mol. The average molecular weight is 394 g/mol. The van der Waals surface area contributed by atoms with E-state index in [1.807, 2.05) is 32.0 Å². The number of para-hydroxylation sites is 1. The zero-order valence-corrected chi connectivity index (χ0v) is 16.3. The molecule has 7 heteroatoms. The summed E-state index contributed by atoms with van der Waals surface area (Å²) in [4.78, 5) is 49.0. The molecule has 0 atom stereocenters. The van der Waals surface area contributed by atoms with E-state index in [4.69, 9.17) is 4.74 Å². The van der Waals surface area contributed by atoms with Crippen LogP contribution in [0.1, 0.15) is 48.5 Å². The van der Waals surface area contributed by atoms with Gasteiger partial charge >= 0.3 is 5.97 Å². The highest BCUT2D eigenvalue weighted by Crippen LogP contribution is 2.24. The van der Waals surface area contributed by atoms with Crippen LogP contribution in [0.5, 0.6) is 0 Å². The van der Waals surface area contributed by atoms with Gasteiger partial charge in [-0.05, 0) is 41.8 Å². The van der Waals surface area contributed by atoms with Gasteiger partial charge < -0.3 is 10.1 Å². The predicted molar refractivity (Wildman–Crippen MR) is 108 cm³/mol. The molecular formula is C22H22N2O5. The number of carbonyl (C=O) groups excluding carboxylic acids is 4. The van der Waals surface area contributed by atoms with E-state index in [9.17, 15) is 19.2 Å². The minimum atomic E-state index is -0.664. The molecule has 1 aliphatic rings. The van der Waals surface area contributed by atoms with Crippen LogP contribution in [0.4, 0.5) is 11.4 Å². The Balaban J connectivity index is 1.57. The van der Waals surface area contributed by atoms with E-state index in [0.717, 1.165) is 10.5 Å². The molecule has 1 N–H and O–H groups in total. The molecule has 0 spiro atoms. The first-order chi connectivity index (χ1) is 13.9. The number of hydrogen-bond acceptors (Lipinski definition) is 5. The van der Waals surface area contributed by atoms with Gasteiger partial charge in [0.1, 0.15) is 0 Å². The summed E-state index contributed by atoms with van der Waals surface area (Å²) in [6.45, 7) is 3.63. The van der Waals surface area contributed by atoms with Gasteiger partial charge in [-0.25, -0.2) is 4.79 Å². The molecule has 1 saturated heterocycles. The molecule has 29 heavy (non-hydrogen) atoms. The van der Waals surface area contributed by atoms with Gasteiger partial charge in [-0.3, -0.25) is 19.3 Å². The summed E-state index contributed by atoms with van der Waals surface area (Å²) in [5, 5.41) is 2.76. The number of nitrogens with one attached hydrogen (secondary N) is 1. The smallest absolute Gasteiger partial charge is 0.338 e. The van der Waals surface area contributed by atoms with Gasteiger partial charge in [0.25, 0.3) is 5.91 Å². The first kappa shape index (κ1) is 20.3. The molecule has 0 radical (unpaired) electrons. The predicted octanol–water partition coefficient (Wildman–Crippen LogP) is 3.26. The number of benzene rings is 2. The van der Waals surface area contributed by atoms with E-state index in [1.54, 1.807) is 6.07 Å². The number of rotatable bonds is 6. The molecule has 1 aliphatic heterocycles. The summed E-state index contributed by atoms with van der Waals surface area (Å²) in [7, 11) is 0. The maximum absolute atomic E-state index is 12.2. The molecular weight excluding hydrogens is 372 g/mol. The van der Waals surface area contributed by atoms with Crippen molar-refractivity contribution >= 4 is 35.1 Å². The van der Waals surface area contributed by atoms with Crippen molar-refractivity contribution in [1.82, 2.24) is 0 Å². The highest BCUT2D eigenvalue weighted by atomic mass is 16.5. The van der Waals surface area contributed by atoms with Crippen molar-refractivity contribution in [3.63, 3.8) is 0 Å². The number of nitrogens with zero attached hydrogens (tertiary/aromatic N) is 1. The van der Waals surface area contributed by atoms with Gasteiger partial charge in [0.15, 0.2) is 6.61 Å². The molecule has 2 aromatic carbocycles. The lowest BCUT2D eigenvalue weighted by Crippen LogP contribution is -2.28. The highest BCUT2D eigenvalue weighted by Gasteiger charge is 2.30. The molecule has 0 saturated carbocycles. The van der Waals surface area contributed by atoms with E-state index in [2.05, 4.69) is 5.32 Å². The minimum Gasteiger partial charge on any atom is -0.452 e. The fraction of sp³-hybridized carbons (Fsp3) is 0.273. The summed E-state index contributed by atoms with van der Waals surface area (Å²) < 4.78 is 5.07. The first-order valence-electron chi connectivity index (χ1n) is 9.38. The van der Waals surface area contributed by atoms with Crippen LogP contribution in [0.3, 0.4) is 0 Å². The van der Waals surface area contributed by atoms with E-state index < -0.39 is 18.5 Å². The zero-order valence-electron chi connectivity index (χ0n) is 16.3. The Morgan fingerprint density at radius 1 is 1.00 bits per heavy atom. The van der Waals surface area contributed by atoms with Crippen molar-refractivity contribution in [2.75, 3.05) is 16.8 Å². The lowest BCUT2D eigenvalue weighted by molar-refractivity contribution is -0.121. The van der Waals surface area contributed by atoms with Gasteiger partial charge in [-0.15, -0.1) is 0 Å². The van der Waals surface area contributed by atoms with Crippen molar-refractivity contribution < 1.29 is 23.9 Å². The van der Waals surface area contributed by atoms with E-state index in [0.29, 0.717) is 11.4 Å².